The summed E-state index contributed by atoms with van der Waals surface area (Å²) in [6.07, 6.45) is 0. The van der Waals surface area contributed by atoms with Crippen LogP contribution in [-0.2, 0) is 4.79 Å². The highest BCUT2D eigenvalue weighted by molar-refractivity contribution is 6.34. The third kappa shape index (κ3) is 3.71. The first-order valence-corrected chi connectivity index (χ1v) is 7.80. The topological polar surface area (TPSA) is 59.6 Å². The van der Waals surface area contributed by atoms with Gasteiger partial charge in [0.25, 0.3) is 0 Å². The number of carbonyl (C=O) groups is 1. The van der Waals surface area contributed by atoms with Gasteiger partial charge in [0.05, 0.1) is 17.3 Å². The van der Waals surface area contributed by atoms with E-state index in [-0.39, 0.29) is 18.3 Å². The summed E-state index contributed by atoms with van der Waals surface area (Å²) in [6, 6.07) is 7.60. The van der Waals surface area contributed by atoms with Crippen molar-refractivity contribution in [1.29, 1.82) is 0 Å². The van der Waals surface area contributed by atoms with E-state index >= 15 is 0 Å². The fourth-order valence-electron chi connectivity index (χ4n) is 2.31. The maximum Gasteiger partial charge on any atom is 0.243 e. The molecule has 2 aromatic carbocycles. The van der Waals surface area contributed by atoms with Gasteiger partial charge in [0.1, 0.15) is 19.0 Å². The Morgan fingerprint density at radius 3 is 2.62 bits per heavy atom. The number of carbonyl (C=O) groups excluding carboxylic acids is 1. The third-order valence-electron chi connectivity index (χ3n) is 3.54. The van der Waals surface area contributed by atoms with Gasteiger partial charge < -0.3 is 20.1 Å². The van der Waals surface area contributed by atoms with Crippen molar-refractivity contribution in [2.45, 2.75) is 6.92 Å². The number of halogens is 2. The molecule has 2 N–H and O–H groups in total. The Balaban J connectivity index is 1.65. The number of nitrogens with one attached hydrogen (secondary N) is 2. The van der Waals surface area contributed by atoms with Crippen molar-refractivity contribution in [2.24, 2.45) is 0 Å². The van der Waals surface area contributed by atoms with Crippen LogP contribution in [0.5, 0.6) is 11.5 Å². The van der Waals surface area contributed by atoms with Crippen LogP contribution in [0, 0.1) is 12.7 Å². The highest BCUT2D eigenvalue weighted by Gasteiger charge is 2.16. The van der Waals surface area contributed by atoms with E-state index in [1.807, 2.05) is 6.92 Å². The molecular formula is C17H16ClFN2O3. The Hall–Kier alpha value is -2.47. The normalized spacial score (nSPS) is 12.6. The van der Waals surface area contributed by atoms with E-state index in [1.165, 1.54) is 12.1 Å². The third-order valence-corrected chi connectivity index (χ3v) is 3.86. The van der Waals surface area contributed by atoms with Gasteiger partial charge in [0, 0.05) is 17.8 Å². The molecule has 0 bridgehead atoms. The predicted octanol–water partition coefficient (Wildman–Crippen LogP) is 3.61. The zero-order valence-corrected chi connectivity index (χ0v) is 13.7. The molecule has 0 saturated heterocycles. The van der Waals surface area contributed by atoms with Crippen molar-refractivity contribution < 1.29 is 18.7 Å². The highest BCUT2D eigenvalue weighted by atomic mass is 35.5. The molecule has 0 aromatic heterocycles. The number of rotatable bonds is 4. The summed E-state index contributed by atoms with van der Waals surface area (Å²) in [5.74, 6) is 0.420. The van der Waals surface area contributed by atoms with Crippen molar-refractivity contribution in [1.82, 2.24) is 0 Å². The number of aryl methyl sites for hydroxylation is 1. The minimum absolute atomic E-state index is 0.0188. The summed E-state index contributed by atoms with van der Waals surface area (Å²) in [6.45, 7) is 2.72. The van der Waals surface area contributed by atoms with Gasteiger partial charge in [-0.15, -0.1) is 0 Å². The van der Waals surface area contributed by atoms with Crippen molar-refractivity contribution in [3.63, 3.8) is 0 Å². The van der Waals surface area contributed by atoms with Crippen LogP contribution in [-0.4, -0.2) is 25.7 Å². The van der Waals surface area contributed by atoms with Gasteiger partial charge in [0.15, 0.2) is 11.5 Å². The second-order valence-electron chi connectivity index (χ2n) is 5.34. The van der Waals surface area contributed by atoms with Crippen LogP contribution < -0.4 is 20.1 Å². The largest absolute Gasteiger partial charge is 0.486 e. The van der Waals surface area contributed by atoms with Gasteiger partial charge in [-0.25, -0.2) is 4.39 Å². The van der Waals surface area contributed by atoms with E-state index in [0.717, 1.165) is 5.56 Å². The first kappa shape index (κ1) is 16.4. The summed E-state index contributed by atoms with van der Waals surface area (Å²) < 4.78 is 24.1. The van der Waals surface area contributed by atoms with E-state index in [4.69, 9.17) is 21.1 Å². The maximum absolute atomic E-state index is 13.2. The second-order valence-corrected chi connectivity index (χ2v) is 5.74. The highest BCUT2D eigenvalue weighted by Crippen LogP contribution is 2.37. The molecule has 24 heavy (non-hydrogen) atoms. The summed E-state index contributed by atoms with van der Waals surface area (Å²) in [7, 11) is 0. The summed E-state index contributed by atoms with van der Waals surface area (Å²) in [4.78, 5) is 12.1. The Morgan fingerprint density at radius 1 is 1.17 bits per heavy atom. The lowest BCUT2D eigenvalue weighted by atomic mass is 10.2. The van der Waals surface area contributed by atoms with Crippen LogP contribution in [0.15, 0.2) is 30.3 Å². The molecule has 0 atom stereocenters. The number of ether oxygens (including phenoxy) is 2. The molecule has 0 saturated carbocycles. The van der Waals surface area contributed by atoms with E-state index < -0.39 is 0 Å². The fourth-order valence-corrected chi connectivity index (χ4v) is 2.52. The maximum atomic E-state index is 13.2. The Kier molecular flexibility index (Phi) is 4.76. The quantitative estimate of drug-likeness (QED) is 0.884. The number of benzene rings is 2. The summed E-state index contributed by atoms with van der Waals surface area (Å²) in [5.41, 5.74) is 1.85. The molecule has 0 spiro atoms. The summed E-state index contributed by atoms with van der Waals surface area (Å²) >= 11 is 6.15. The van der Waals surface area contributed by atoms with Crippen molar-refractivity contribution >= 4 is 28.9 Å². The zero-order valence-electron chi connectivity index (χ0n) is 13.0. The molecule has 0 unspecified atom stereocenters. The average Bonchev–Trinajstić information content (AvgIpc) is 2.56. The van der Waals surface area contributed by atoms with E-state index in [1.54, 1.807) is 18.2 Å². The zero-order chi connectivity index (χ0) is 17.1. The Morgan fingerprint density at radius 2 is 1.88 bits per heavy atom. The van der Waals surface area contributed by atoms with Crippen LogP contribution in [0.1, 0.15) is 5.56 Å². The fraction of sp³-hybridized carbons (Fsp3) is 0.235. The van der Waals surface area contributed by atoms with Crippen LogP contribution in [0.2, 0.25) is 5.02 Å². The van der Waals surface area contributed by atoms with E-state index in [0.29, 0.717) is 41.1 Å². The molecule has 1 aliphatic heterocycles. The van der Waals surface area contributed by atoms with E-state index in [2.05, 4.69) is 10.6 Å². The van der Waals surface area contributed by atoms with Gasteiger partial charge in [-0.05, 0) is 24.6 Å². The monoisotopic (exact) mass is 350 g/mol. The lowest BCUT2D eigenvalue weighted by Crippen LogP contribution is -2.22. The standard InChI is InChI=1S/C17H16ClFN2O3/c1-10-2-3-11(19)6-13(10)20-9-17(22)21-14-8-16-15(7-12(14)18)23-4-5-24-16/h2-3,6-8,20H,4-5,9H2,1H3,(H,21,22). The number of hydrogen-bond acceptors (Lipinski definition) is 4. The van der Waals surface area contributed by atoms with Crippen molar-refractivity contribution in [2.75, 3.05) is 30.4 Å². The SMILES string of the molecule is Cc1ccc(F)cc1NCC(=O)Nc1cc2c(cc1Cl)OCCO2. The molecule has 1 amide bonds. The van der Waals surface area contributed by atoms with Crippen molar-refractivity contribution in [3.8, 4) is 11.5 Å². The number of amides is 1. The molecule has 0 radical (unpaired) electrons. The predicted molar refractivity (Wildman–Crippen MR) is 90.7 cm³/mol. The van der Waals surface area contributed by atoms with Gasteiger partial charge in [-0.1, -0.05) is 17.7 Å². The van der Waals surface area contributed by atoms with Crippen LogP contribution in [0.4, 0.5) is 15.8 Å². The molecule has 5 nitrogen and oxygen atoms in total. The van der Waals surface area contributed by atoms with Gasteiger partial charge in [0.2, 0.25) is 5.91 Å². The molecule has 3 rings (SSSR count). The summed E-state index contributed by atoms with van der Waals surface area (Å²) in [5, 5.41) is 5.96. The van der Waals surface area contributed by atoms with Gasteiger partial charge >= 0.3 is 0 Å². The molecule has 126 valence electrons. The minimum atomic E-state index is -0.363. The second kappa shape index (κ2) is 6.97. The molecule has 2 aromatic rings. The Bertz CT molecular complexity index is 783. The molecule has 1 aliphatic rings. The van der Waals surface area contributed by atoms with Crippen LogP contribution >= 0.6 is 11.6 Å². The molecule has 0 fully saturated rings. The Labute approximate surface area is 143 Å². The number of anilines is 2. The smallest absolute Gasteiger partial charge is 0.243 e. The number of hydrogen-bond donors (Lipinski definition) is 2. The minimum Gasteiger partial charge on any atom is -0.486 e. The van der Waals surface area contributed by atoms with Crippen LogP contribution in [0.3, 0.4) is 0 Å². The number of fused-ring (bicyclic) bond motifs is 1. The molecule has 7 heteroatoms. The van der Waals surface area contributed by atoms with Gasteiger partial charge in [-0.3, -0.25) is 4.79 Å². The lowest BCUT2D eigenvalue weighted by molar-refractivity contribution is -0.114. The first-order chi connectivity index (χ1) is 11.5. The molecule has 0 aliphatic carbocycles. The molecule has 1 heterocycles. The average molecular weight is 351 g/mol. The first-order valence-electron chi connectivity index (χ1n) is 7.42. The van der Waals surface area contributed by atoms with E-state index in [9.17, 15) is 9.18 Å². The lowest BCUT2D eigenvalue weighted by Gasteiger charge is -2.20. The molecular weight excluding hydrogens is 335 g/mol. The van der Waals surface area contributed by atoms with Gasteiger partial charge in [-0.2, -0.15) is 0 Å². The van der Waals surface area contributed by atoms with Crippen LogP contribution in [0.25, 0.3) is 0 Å². The van der Waals surface area contributed by atoms with Crippen molar-refractivity contribution in [3.05, 3.63) is 46.7 Å².